The summed E-state index contributed by atoms with van der Waals surface area (Å²) in [4.78, 5) is 0. The monoisotopic (exact) mass is 383 g/mol. The summed E-state index contributed by atoms with van der Waals surface area (Å²) in [6.07, 6.45) is 0. The second-order valence-electron chi connectivity index (χ2n) is 3.89. The number of rotatable bonds is 2. The molecule has 0 aliphatic heterocycles. The van der Waals surface area contributed by atoms with Crippen LogP contribution >= 0.6 is 31.9 Å². The normalized spacial score (nSPS) is 10.1. The standard InChI is InChI=1S/C14H8Br2FNO/c1-8-2-4-11(10(15)6-8)19-12-5-3-9(7-18)13(16)14(12)17/h2-6H,1H3. The maximum absolute atomic E-state index is 14.0. The SMILES string of the molecule is Cc1ccc(Oc2ccc(C#N)c(Br)c2F)c(Br)c1. The van der Waals surface area contributed by atoms with Gasteiger partial charge in [-0.3, -0.25) is 0 Å². The highest BCUT2D eigenvalue weighted by molar-refractivity contribution is 9.10. The van der Waals surface area contributed by atoms with E-state index in [1.165, 1.54) is 12.1 Å². The maximum Gasteiger partial charge on any atom is 0.181 e. The van der Waals surface area contributed by atoms with E-state index < -0.39 is 5.82 Å². The van der Waals surface area contributed by atoms with Crippen LogP contribution in [0, 0.1) is 24.1 Å². The van der Waals surface area contributed by atoms with Gasteiger partial charge in [0.05, 0.1) is 14.5 Å². The molecule has 0 unspecified atom stereocenters. The van der Waals surface area contributed by atoms with Gasteiger partial charge in [0.25, 0.3) is 0 Å². The Balaban J connectivity index is 2.39. The summed E-state index contributed by atoms with van der Waals surface area (Å²) in [6.45, 7) is 1.95. The molecule has 2 aromatic carbocycles. The van der Waals surface area contributed by atoms with Crippen molar-refractivity contribution in [3.05, 3.63) is 56.2 Å². The van der Waals surface area contributed by atoms with Gasteiger partial charge >= 0.3 is 0 Å². The zero-order chi connectivity index (χ0) is 14.0. The fourth-order valence-electron chi connectivity index (χ4n) is 1.50. The molecule has 2 aromatic rings. The smallest absolute Gasteiger partial charge is 0.181 e. The van der Waals surface area contributed by atoms with Crippen molar-refractivity contribution in [2.75, 3.05) is 0 Å². The first kappa shape index (κ1) is 14.0. The number of nitrogens with zero attached hydrogens (tertiary/aromatic N) is 1. The molecule has 0 amide bonds. The van der Waals surface area contributed by atoms with E-state index in [0.29, 0.717) is 5.75 Å². The molecule has 0 saturated heterocycles. The first-order valence-electron chi connectivity index (χ1n) is 5.35. The Labute approximate surface area is 127 Å². The van der Waals surface area contributed by atoms with Crippen molar-refractivity contribution in [1.82, 2.24) is 0 Å². The minimum Gasteiger partial charge on any atom is -0.453 e. The number of halogens is 3. The van der Waals surface area contributed by atoms with Gasteiger partial charge in [0, 0.05) is 0 Å². The number of hydrogen-bond acceptors (Lipinski definition) is 2. The van der Waals surface area contributed by atoms with Gasteiger partial charge in [-0.2, -0.15) is 5.26 Å². The van der Waals surface area contributed by atoms with E-state index in [1.807, 2.05) is 25.1 Å². The molecule has 0 bridgehead atoms. The largest absolute Gasteiger partial charge is 0.453 e. The molecule has 2 rings (SSSR count). The van der Waals surface area contributed by atoms with Gasteiger partial charge in [-0.05, 0) is 68.6 Å². The Morgan fingerprint density at radius 2 is 1.84 bits per heavy atom. The quantitative estimate of drug-likeness (QED) is 0.701. The lowest BCUT2D eigenvalue weighted by Crippen LogP contribution is -1.92. The molecular formula is C14H8Br2FNO. The minimum absolute atomic E-state index is 0.0652. The molecule has 0 aliphatic rings. The fraction of sp³-hybridized carbons (Fsp3) is 0.0714. The molecule has 0 N–H and O–H groups in total. The lowest BCUT2D eigenvalue weighted by molar-refractivity contribution is 0.438. The van der Waals surface area contributed by atoms with Crippen LogP contribution in [-0.4, -0.2) is 0 Å². The predicted octanol–water partition coefficient (Wildman–Crippen LogP) is 5.32. The van der Waals surface area contributed by atoms with E-state index in [-0.39, 0.29) is 15.8 Å². The number of nitriles is 1. The molecule has 0 heterocycles. The highest BCUT2D eigenvalue weighted by Crippen LogP contribution is 2.34. The molecule has 0 radical (unpaired) electrons. The van der Waals surface area contributed by atoms with E-state index in [9.17, 15) is 4.39 Å². The van der Waals surface area contributed by atoms with Crippen LogP contribution in [0.4, 0.5) is 4.39 Å². The summed E-state index contributed by atoms with van der Waals surface area (Å²) < 4.78 is 20.4. The zero-order valence-corrected chi connectivity index (χ0v) is 13.0. The van der Waals surface area contributed by atoms with Gasteiger partial charge in [0.2, 0.25) is 0 Å². The van der Waals surface area contributed by atoms with Crippen molar-refractivity contribution in [2.45, 2.75) is 6.92 Å². The van der Waals surface area contributed by atoms with Crippen LogP contribution in [-0.2, 0) is 0 Å². The van der Waals surface area contributed by atoms with E-state index >= 15 is 0 Å². The summed E-state index contributed by atoms with van der Waals surface area (Å²) in [5, 5.41) is 8.80. The number of hydrogen-bond donors (Lipinski definition) is 0. The average Bonchev–Trinajstić information content (AvgIpc) is 2.38. The fourth-order valence-corrected chi connectivity index (χ4v) is 2.49. The summed E-state index contributed by atoms with van der Waals surface area (Å²) in [5.41, 5.74) is 1.30. The number of aryl methyl sites for hydroxylation is 1. The molecule has 0 fully saturated rings. The third-order valence-corrected chi connectivity index (χ3v) is 3.87. The van der Waals surface area contributed by atoms with Gasteiger partial charge in [-0.15, -0.1) is 0 Å². The second kappa shape index (κ2) is 5.72. The molecule has 96 valence electrons. The lowest BCUT2D eigenvalue weighted by Gasteiger charge is -2.10. The lowest BCUT2D eigenvalue weighted by atomic mass is 10.2. The number of benzene rings is 2. The Morgan fingerprint density at radius 1 is 1.16 bits per heavy atom. The van der Waals surface area contributed by atoms with Crippen LogP contribution in [0.2, 0.25) is 0 Å². The van der Waals surface area contributed by atoms with Crippen molar-refractivity contribution in [1.29, 1.82) is 5.26 Å². The second-order valence-corrected chi connectivity index (χ2v) is 5.53. The van der Waals surface area contributed by atoms with Crippen molar-refractivity contribution in [2.24, 2.45) is 0 Å². The molecular weight excluding hydrogens is 377 g/mol. The van der Waals surface area contributed by atoms with Crippen LogP contribution in [0.1, 0.15) is 11.1 Å². The molecule has 5 heteroatoms. The third kappa shape index (κ3) is 2.96. The van der Waals surface area contributed by atoms with Crippen LogP contribution in [0.15, 0.2) is 39.3 Å². The van der Waals surface area contributed by atoms with Crippen molar-refractivity contribution in [3.8, 4) is 17.6 Å². The Kier molecular flexibility index (Phi) is 4.23. The summed E-state index contributed by atoms with van der Waals surface area (Å²) in [6, 6.07) is 10.3. The molecule has 2 nitrogen and oxygen atoms in total. The minimum atomic E-state index is -0.591. The van der Waals surface area contributed by atoms with Crippen LogP contribution in [0.25, 0.3) is 0 Å². The predicted molar refractivity (Wildman–Crippen MR) is 77.8 cm³/mol. The van der Waals surface area contributed by atoms with Crippen LogP contribution < -0.4 is 4.74 Å². The van der Waals surface area contributed by atoms with E-state index in [1.54, 1.807) is 6.07 Å². The molecule has 0 aromatic heterocycles. The topological polar surface area (TPSA) is 33.0 Å². The number of ether oxygens (including phenoxy) is 1. The van der Waals surface area contributed by atoms with Crippen molar-refractivity contribution < 1.29 is 9.13 Å². The Bertz CT molecular complexity index is 680. The molecule has 0 saturated carbocycles. The molecule has 19 heavy (non-hydrogen) atoms. The van der Waals surface area contributed by atoms with E-state index in [2.05, 4.69) is 31.9 Å². The maximum atomic E-state index is 14.0. The van der Waals surface area contributed by atoms with Gasteiger partial charge in [0.15, 0.2) is 11.6 Å². The summed E-state index contributed by atoms with van der Waals surface area (Å²) >= 11 is 6.41. The Hall–Kier alpha value is -1.38. The van der Waals surface area contributed by atoms with Crippen LogP contribution in [0.5, 0.6) is 11.5 Å². The van der Waals surface area contributed by atoms with Gasteiger partial charge in [0.1, 0.15) is 11.8 Å². The van der Waals surface area contributed by atoms with Crippen molar-refractivity contribution in [3.63, 3.8) is 0 Å². The van der Waals surface area contributed by atoms with Crippen LogP contribution in [0.3, 0.4) is 0 Å². The highest BCUT2D eigenvalue weighted by atomic mass is 79.9. The summed E-state index contributed by atoms with van der Waals surface area (Å²) in [7, 11) is 0. The highest BCUT2D eigenvalue weighted by Gasteiger charge is 2.13. The first-order chi connectivity index (χ1) is 9.02. The summed E-state index contributed by atoms with van der Waals surface area (Å²) in [5.74, 6) is -0.0111. The molecule has 0 spiro atoms. The average molecular weight is 385 g/mol. The zero-order valence-electron chi connectivity index (χ0n) is 9.88. The van der Waals surface area contributed by atoms with Gasteiger partial charge in [-0.1, -0.05) is 6.07 Å². The van der Waals surface area contributed by atoms with E-state index in [0.717, 1.165) is 10.0 Å². The van der Waals surface area contributed by atoms with E-state index in [4.69, 9.17) is 10.00 Å². The Morgan fingerprint density at radius 3 is 2.47 bits per heavy atom. The first-order valence-corrected chi connectivity index (χ1v) is 6.93. The van der Waals surface area contributed by atoms with Gasteiger partial charge in [-0.25, -0.2) is 4.39 Å². The third-order valence-electron chi connectivity index (χ3n) is 2.47. The molecule has 0 atom stereocenters. The molecule has 0 aliphatic carbocycles. The van der Waals surface area contributed by atoms with Crippen molar-refractivity contribution >= 4 is 31.9 Å². The van der Waals surface area contributed by atoms with Gasteiger partial charge < -0.3 is 4.74 Å².